The molecule has 3 rings (SSSR count). The SMILES string of the molecule is CCc1cc(C(=O)N2CCC[C@H](Cc3cnc(N)cn3)CC2)on1. The van der Waals surface area contributed by atoms with Crippen LogP contribution in [0.15, 0.2) is 23.0 Å². The summed E-state index contributed by atoms with van der Waals surface area (Å²) in [6.45, 7) is 3.47. The third kappa shape index (κ3) is 3.90. The number of rotatable bonds is 4. The standard InChI is InChI=1S/C17H23N5O2/c1-2-13-9-15(24-21-13)17(23)22-6-3-4-12(5-7-22)8-14-10-20-16(18)11-19-14/h9-12H,2-8H2,1H3,(H2,18,20)/t12-/m0/s1. The Labute approximate surface area is 141 Å². The molecule has 0 spiro atoms. The monoisotopic (exact) mass is 329 g/mol. The van der Waals surface area contributed by atoms with Gasteiger partial charge in [-0.2, -0.15) is 0 Å². The van der Waals surface area contributed by atoms with Crippen LogP contribution in [0.3, 0.4) is 0 Å². The molecule has 24 heavy (non-hydrogen) atoms. The maximum atomic E-state index is 12.5. The summed E-state index contributed by atoms with van der Waals surface area (Å²) in [6.07, 6.45) is 7.98. The molecule has 0 radical (unpaired) electrons. The second kappa shape index (κ2) is 7.42. The summed E-state index contributed by atoms with van der Waals surface area (Å²) in [5, 5.41) is 3.90. The molecule has 0 aliphatic carbocycles. The number of carbonyl (C=O) groups excluding carboxylic acids is 1. The average molecular weight is 329 g/mol. The highest BCUT2D eigenvalue weighted by molar-refractivity contribution is 5.91. The van der Waals surface area contributed by atoms with Gasteiger partial charge in [0.25, 0.3) is 5.91 Å². The minimum absolute atomic E-state index is 0.0601. The number of nitrogen functional groups attached to an aromatic ring is 1. The topological polar surface area (TPSA) is 98.1 Å². The van der Waals surface area contributed by atoms with Crippen molar-refractivity contribution in [2.24, 2.45) is 5.92 Å². The van der Waals surface area contributed by atoms with Crippen molar-refractivity contribution in [3.63, 3.8) is 0 Å². The molecule has 0 aromatic carbocycles. The molecule has 2 N–H and O–H groups in total. The molecule has 1 aliphatic heterocycles. The fraction of sp³-hybridized carbons (Fsp3) is 0.529. The zero-order chi connectivity index (χ0) is 16.9. The molecular weight excluding hydrogens is 306 g/mol. The van der Waals surface area contributed by atoms with Crippen LogP contribution in [-0.4, -0.2) is 39.0 Å². The normalized spacial score (nSPS) is 18.4. The first kappa shape index (κ1) is 16.4. The second-order valence-corrected chi connectivity index (χ2v) is 6.26. The molecule has 7 heteroatoms. The zero-order valence-corrected chi connectivity index (χ0v) is 13.9. The summed E-state index contributed by atoms with van der Waals surface area (Å²) in [7, 11) is 0. The van der Waals surface area contributed by atoms with E-state index in [1.807, 2.05) is 11.8 Å². The Morgan fingerprint density at radius 2 is 2.17 bits per heavy atom. The number of nitrogens with zero attached hydrogens (tertiary/aromatic N) is 4. The predicted octanol–water partition coefficient (Wildman–Crippen LogP) is 2.09. The smallest absolute Gasteiger partial charge is 0.292 e. The largest absolute Gasteiger partial charge is 0.382 e. The molecule has 128 valence electrons. The van der Waals surface area contributed by atoms with Crippen molar-refractivity contribution >= 4 is 11.7 Å². The molecule has 2 aromatic rings. The van der Waals surface area contributed by atoms with E-state index in [9.17, 15) is 4.79 Å². The highest BCUT2D eigenvalue weighted by Gasteiger charge is 2.24. The van der Waals surface area contributed by atoms with Crippen LogP contribution in [0.4, 0.5) is 5.82 Å². The van der Waals surface area contributed by atoms with Crippen molar-refractivity contribution in [1.82, 2.24) is 20.0 Å². The number of hydrogen-bond acceptors (Lipinski definition) is 6. The summed E-state index contributed by atoms with van der Waals surface area (Å²) in [5.74, 6) is 1.22. The summed E-state index contributed by atoms with van der Waals surface area (Å²) in [6, 6.07) is 1.74. The lowest BCUT2D eigenvalue weighted by atomic mass is 9.95. The summed E-state index contributed by atoms with van der Waals surface area (Å²) >= 11 is 0. The highest BCUT2D eigenvalue weighted by Crippen LogP contribution is 2.22. The van der Waals surface area contributed by atoms with Crippen molar-refractivity contribution in [2.75, 3.05) is 18.8 Å². The Morgan fingerprint density at radius 3 is 2.88 bits per heavy atom. The van der Waals surface area contributed by atoms with E-state index in [0.29, 0.717) is 17.5 Å². The van der Waals surface area contributed by atoms with E-state index >= 15 is 0 Å². The summed E-state index contributed by atoms with van der Waals surface area (Å²) in [5.41, 5.74) is 7.34. The molecule has 0 bridgehead atoms. The van der Waals surface area contributed by atoms with E-state index < -0.39 is 0 Å². The number of likely N-dealkylation sites (tertiary alicyclic amines) is 1. The van der Waals surface area contributed by atoms with Gasteiger partial charge in [0.05, 0.1) is 23.8 Å². The van der Waals surface area contributed by atoms with Crippen LogP contribution in [0.2, 0.25) is 0 Å². The Morgan fingerprint density at radius 1 is 1.29 bits per heavy atom. The van der Waals surface area contributed by atoms with Crippen molar-refractivity contribution in [1.29, 1.82) is 0 Å². The Kier molecular flexibility index (Phi) is 5.08. The number of hydrogen-bond donors (Lipinski definition) is 1. The van der Waals surface area contributed by atoms with Crippen LogP contribution >= 0.6 is 0 Å². The van der Waals surface area contributed by atoms with Gasteiger partial charge in [-0.05, 0) is 38.0 Å². The van der Waals surface area contributed by atoms with Gasteiger partial charge in [-0.3, -0.25) is 9.78 Å². The third-order valence-corrected chi connectivity index (χ3v) is 4.49. The van der Waals surface area contributed by atoms with Gasteiger partial charge in [-0.1, -0.05) is 12.1 Å². The second-order valence-electron chi connectivity index (χ2n) is 6.26. The van der Waals surface area contributed by atoms with Crippen LogP contribution in [0.5, 0.6) is 0 Å². The van der Waals surface area contributed by atoms with E-state index in [1.54, 1.807) is 18.5 Å². The third-order valence-electron chi connectivity index (χ3n) is 4.49. The number of carbonyl (C=O) groups is 1. The average Bonchev–Trinajstić information content (AvgIpc) is 2.96. The van der Waals surface area contributed by atoms with Gasteiger partial charge in [0.1, 0.15) is 5.82 Å². The van der Waals surface area contributed by atoms with Crippen molar-refractivity contribution in [3.05, 3.63) is 35.6 Å². The fourth-order valence-corrected chi connectivity index (χ4v) is 3.07. The van der Waals surface area contributed by atoms with Crippen molar-refractivity contribution in [2.45, 2.75) is 39.0 Å². The molecule has 2 aromatic heterocycles. The van der Waals surface area contributed by atoms with Crippen LogP contribution in [-0.2, 0) is 12.8 Å². The first-order valence-electron chi connectivity index (χ1n) is 8.47. The van der Waals surface area contributed by atoms with Gasteiger partial charge < -0.3 is 15.2 Å². The molecule has 3 heterocycles. The van der Waals surface area contributed by atoms with E-state index in [1.165, 1.54) is 0 Å². The van der Waals surface area contributed by atoms with E-state index in [4.69, 9.17) is 10.3 Å². The molecule has 1 atom stereocenters. The van der Waals surface area contributed by atoms with Gasteiger partial charge in [0.2, 0.25) is 5.76 Å². The summed E-state index contributed by atoms with van der Waals surface area (Å²) < 4.78 is 5.17. The lowest BCUT2D eigenvalue weighted by molar-refractivity contribution is 0.0718. The predicted molar refractivity (Wildman–Crippen MR) is 89.3 cm³/mol. The van der Waals surface area contributed by atoms with Crippen molar-refractivity contribution in [3.8, 4) is 0 Å². The lowest BCUT2D eigenvalue weighted by Crippen LogP contribution is -2.31. The van der Waals surface area contributed by atoms with Gasteiger partial charge in [0.15, 0.2) is 0 Å². The van der Waals surface area contributed by atoms with E-state index in [0.717, 1.165) is 56.6 Å². The molecule has 1 amide bonds. The van der Waals surface area contributed by atoms with Crippen LogP contribution in [0, 0.1) is 5.92 Å². The van der Waals surface area contributed by atoms with Gasteiger partial charge in [0, 0.05) is 19.2 Å². The molecule has 0 saturated carbocycles. The number of aromatic nitrogens is 3. The van der Waals surface area contributed by atoms with E-state index in [2.05, 4.69) is 15.1 Å². The molecule has 7 nitrogen and oxygen atoms in total. The molecular formula is C17H23N5O2. The van der Waals surface area contributed by atoms with Crippen molar-refractivity contribution < 1.29 is 9.32 Å². The maximum Gasteiger partial charge on any atom is 0.292 e. The molecule has 1 saturated heterocycles. The first-order chi connectivity index (χ1) is 11.7. The minimum atomic E-state index is -0.0601. The van der Waals surface area contributed by atoms with Crippen LogP contribution in [0.1, 0.15) is 48.1 Å². The minimum Gasteiger partial charge on any atom is -0.382 e. The van der Waals surface area contributed by atoms with Gasteiger partial charge in [-0.25, -0.2) is 4.98 Å². The first-order valence-corrected chi connectivity index (χ1v) is 8.47. The molecule has 1 aliphatic rings. The maximum absolute atomic E-state index is 12.5. The number of anilines is 1. The fourth-order valence-electron chi connectivity index (χ4n) is 3.07. The zero-order valence-electron chi connectivity index (χ0n) is 13.9. The van der Waals surface area contributed by atoms with E-state index in [-0.39, 0.29) is 5.91 Å². The lowest BCUT2D eigenvalue weighted by Gasteiger charge is -2.19. The Bertz CT molecular complexity index is 683. The molecule has 1 fully saturated rings. The molecule has 0 unspecified atom stereocenters. The Balaban J connectivity index is 1.58. The number of amides is 1. The van der Waals surface area contributed by atoms with Crippen LogP contribution < -0.4 is 5.73 Å². The number of nitrogens with two attached hydrogens (primary N) is 1. The number of aryl methyl sites for hydroxylation is 1. The van der Waals surface area contributed by atoms with Gasteiger partial charge in [-0.15, -0.1) is 0 Å². The van der Waals surface area contributed by atoms with Crippen LogP contribution in [0.25, 0.3) is 0 Å². The summed E-state index contributed by atoms with van der Waals surface area (Å²) in [4.78, 5) is 22.8. The van der Waals surface area contributed by atoms with Gasteiger partial charge >= 0.3 is 0 Å². The Hall–Kier alpha value is -2.44. The highest BCUT2D eigenvalue weighted by atomic mass is 16.5. The quantitative estimate of drug-likeness (QED) is 0.922.